The first-order valence-corrected chi connectivity index (χ1v) is 7.99. The fourth-order valence-corrected chi connectivity index (χ4v) is 3.78. The minimum Gasteiger partial charge on any atom is -0.366 e. The van der Waals surface area contributed by atoms with Crippen LogP contribution in [0.15, 0.2) is 18.2 Å². The van der Waals surface area contributed by atoms with Crippen molar-refractivity contribution in [3.63, 3.8) is 0 Å². The number of benzene rings is 1. The van der Waals surface area contributed by atoms with E-state index in [9.17, 15) is 0 Å². The van der Waals surface area contributed by atoms with E-state index >= 15 is 0 Å². The number of nitrogens with one attached hydrogen (secondary N) is 1. The van der Waals surface area contributed by atoms with Crippen molar-refractivity contribution in [1.29, 1.82) is 0 Å². The highest BCUT2D eigenvalue weighted by Gasteiger charge is 2.29. The average Bonchev–Trinajstić information content (AvgIpc) is 2.77. The molecule has 1 N–H and O–H groups in total. The Kier molecular flexibility index (Phi) is 3.99. The summed E-state index contributed by atoms with van der Waals surface area (Å²) in [6, 6.07) is 8.09. The van der Waals surface area contributed by atoms with Crippen LogP contribution in [0.4, 0.5) is 5.69 Å². The van der Waals surface area contributed by atoms with Crippen LogP contribution in [0.25, 0.3) is 0 Å². The normalized spacial score (nSPS) is 23.4. The van der Waals surface area contributed by atoms with Crippen LogP contribution >= 0.6 is 0 Å². The molecule has 0 aromatic heterocycles. The van der Waals surface area contributed by atoms with Crippen LogP contribution < -0.4 is 10.2 Å². The first-order valence-electron chi connectivity index (χ1n) is 7.99. The van der Waals surface area contributed by atoms with Crippen molar-refractivity contribution in [2.24, 2.45) is 0 Å². The smallest absolute Gasteiger partial charge is 0.0407 e. The second-order valence-corrected chi connectivity index (χ2v) is 6.50. The maximum Gasteiger partial charge on any atom is 0.0407 e. The molecular weight excluding hydrogens is 246 g/mol. The number of piperazine rings is 1. The summed E-state index contributed by atoms with van der Waals surface area (Å²) in [6.45, 7) is 12.7. The summed E-state index contributed by atoms with van der Waals surface area (Å²) in [6.07, 6.45) is 1.20. The molecule has 1 unspecified atom stereocenters. The van der Waals surface area contributed by atoms with Gasteiger partial charge in [-0.3, -0.25) is 4.90 Å². The molecule has 0 saturated carbocycles. The van der Waals surface area contributed by atoms with Crippen LogP contribution in [0, 0.1) is 0 Å². The van der Waals surface area contributed by atoms with Crippen LogP contribution in [0.5, 0.6) is 0 Å². The number of anilines is 1. The molecule has 0 bridgehead atoms. The molecular formula is C17H27N3. The van der Waals surface area contributed by atoms with Gasteiger partial charge in [-0.15, -0.1) is 0 Å². The van der Waals surface area contributed by atoms with E-state index in [0.29, 0.717) is 12.1 Å². The molecule has 0 radical (unpaired) electrons. The van der Waals surface area contributed by atoms with Gasteiger partial charge in [-0.05, 0) is 44.4 Å². The number of nitrogens with zero attached hydrogens (tertiary/aromatic N) is 2. The molecule has 1 fully saturated rings. The van der Waals surface area contributed by atoms with Gasteiger partial charge in [-0.1, -0.05) is 12.1 Å². The van der Waals surface area contributed by atoms with Crippen LogP contribution in [-0.2, 0) is 13.0 Å². The Balaban J connectivity index is 1.83. The first-order chi connectivity index (χ1) is 9.66. The molecule has 0 aliphatic carbocycles. The Morgan fingerprint density at radius 2 is 2.00 bits per heavy atom. The molecule has 1 aromatic rings. The lowest BCUT2D eigenvalue weighted by Gasteiger charge is -2.30. The summed E-state index contributed by atoms with van der Waals surface area (Å²) in [4.78, 5) is 5.16. The molecule has 0 spiro atoms. The molecule has 0 amide bonds. The summed E-state index contributed by atoms with van der Waals surface area (Å²) in [5.41, 5.74) is 4.60. The Hall–Kier alpha value is -1.06. The third kappa shape index (κ3) is 2.57. The van der Waals surface area contributed by atoms with Crippen LogP contribution in [-0.4, -0.2) is 43.2 Å². The van der Waals surface area contributed by atoms with E-state index in [0.717, 1.165) is 19.6 Å². The molecule has 1 saturated heterocycles. The van der Waals surface area contributed by atoms with Gasteiger partial charge in [0.15, 0.2) is 0 Å². The molecule has 3 rings (SSSR count). The van der Waals surface area contributed by atoms with Gasteiger partial charge in [-0.25, -0.2) is 0 Å². The highest BCUT2D eigenvalue weighted by atomic mass is 15.2. The number of hydrogen-bond acceptors (Lipinski definition) is 3. The summed E-state index contributed by atoms with van der Waals surface area (Å²) in [7, 11) is 0. The third-order valence-electron chi connectivity index (χ3n) is 4.66. The highest BCUT2D eigenvalue weighted by molar-refractivity contribution is 5.62. The second-order valence-electron chi connectivity index (χ2n) is 6.50. The van der Waals surface area contributed by atoms with E-state index in [1.807, 2.05) is 0 Å². The third-order valence-corrected chi connectivity index (χ3v) is 4.66. The highest BCUT2D eigenvalue weighted by Crippen LogP contribution is 2.36. The Bertz CT molecular complexity index is 463. The maximum atomic E-state index is 3.43. The molecule has 3 heteroatoms. The lowest BCUT2D eigenvalue weighted by molar-refractivity contribution is 0.232. The fourth-order valence-electron chi connectivity index (χ4n) is 3.78. The Morgan fingerprint density at radius 1 is 1.25 bits per heavy atom. The summed E-state index contributed by atoms with van der Waals surface area (Å²) in [5.74, 6) is 0. The SMILES string of the molecule is CC(C)N1c2cccc(CN3CCNCC3)c2CC1C. The van der Waals surface area contributed by atoms with Gasteiger partial charge < -0.3 is 10.2 Å². The lowest BCUT2D eigenvalue weighted by Crippen LogP contribution is -2.43. The van der Waals surface area contributed by atoms with Gasteiger partial charge in [0, 0.05) is 50.5 Å². The molecule has 20 heavy (non-hydrogen) atoms. The predicted molar refractivity (Wildman–Crippen MR) is 85.4 cm³/mol. The van der Waals surface area contributed by atoms with Crippen molar-refractivity contribution >= 4 is 5.69 Å². The van der Waals surface area contributed by atoms with Crippen LogP contribution in [0.2, 0.25) is 0 Å². The average molecular weight is 273 g/mol. The van der Waals surface area contributed by atoms with Crippen molar-refractivity contribution in [1.82, 2.24) is 10.2 Å². The molecule has 2 heterocycles. The van der Waals surface area contributed by atoms with Gasteiger partial charge in [0.1, 0.15) is 0 Å². The van der Waals surface area contributed by atoms with Gasteiger partial charge in [0.25, 0.3) is 0 Å². The van der Waals surface area contributed by atoms with Crippen molar-refractivity contribution in [2.45, 2.75) is 45.8 Å². The van der Waals surface area contributed by atoms with Gasteiger partial charge in [-0.2, -0.15) is 0 Å². The first kappa shape index (κ1) is 13.9. The Morgan fingerprint density at radius 3 is 2.70 bits per heavy atom. The zero-order valence-electron chi connectivity index (χ0n) is 13.0. The van der Waals surface area contributed by atoms with Crippen molar-refractivity contribution in [3.05, 3.63) is 29.3 Å². The standard InChI is InChI=1S/C17H27N3/c1-13(2)20-14(3)11-16-15(5-4-6-17(16)20)12-19-9-7-18-8-10-19/h4-6,13-14,18H,7-12H2,1-3H3. The molecule has 1 atom stereocenters. The molecule has 2 aliphatic rings. The number of rotatable bonds is 3. The van der Waals surface area contributed by atoms with E-state index in [-0.39, 0.29) is 0 Å². The lowest BCUT2D eigenvalue weighted by atomic mass is 10.0. The van der Waals surface area contributed by atoms with Crippen LogP contribution in [0.1, 0.15) is 31.9 Å². The largest absolute Gasteiger partial charge is 0.366 e. The zero-order chi connectivity index (χ0) is 14.1. The van der Waals surface area contributed by atoms with E-state index in [4.69, 9.17) is 0 Å². The van der Waals surface area contributed by atoms with Crippen molar-refractivity contribution < 1.29 is 0 Å². The van der Waals surface area contributed by atoms with Gasteiger partial charge in [0.05, 0.1) is 0 Å². The fraction of sp³-hybridized carbons (Fsp3) is 0.647. The summed E-state index contributed by atoms with van der Waals surface area (Å²) in [5, 5.41) is 3.43. The summed E-state index contributed by atoms with van der Waals surface area (Å²) < 4.78 is 0. The van der Waals surface area contributed by atoms with E-state index in [1.54, 1.807) is 11.1 Å². The van der Waals surface area contributed by atoms with E-state index in [1.165, 1.54) is 25.2 Å². The van der Waals surface area contributed by atoms with Crippen LogP contribution in [0.3, 0.4) is 0 Å². The monoisotopic (exact) mass is 273 g/mol. The van der Waals surface area contributed by atoms with E-state index < -0.39 is 0 Å². The molecule has 1 aromatic carbocycles. The number of hydrogen-bond donors (Lipinski definition) is 1. The van der Waals surface area contributed by atoms with Crippen molar-refractivity contribution in [2.75, 3.05) is 31.1 Å². The van der Waals surface area contributed by atoms with Crippen molar-refractivity contribution in [3.8, 4) is 0 Å². The topological polar surface area (TPSA) is 18.5 Å². The maximum absolute atomic E-state index is 3.43. The molecule has 110 valence electrons. The van der Waals surface area contributed by atoms with Gasteiger partial charge in [0.2, 0.25) is 0 Å². The summed E-state index contributed by atoms with van der Waals surface area (Å²) >= 11 is 0. The number of fused-ring (bicyclic) bond motifs is 1. The quantitative estimate of drug-likeness (QED) is 0.911. The van der Waals surface area contributed by atoms with Gasteiger partial charge >= 0.3 is 0 Å². The second kappa shape index (κ2) is 5.74. The molecule has 2 aliphatic heterocycles. The van der Waals surface area contributed by atoms with E-state index in [2.05, 4.69) is 54.1 Å². The Labute approximate surface area is 123 Å². The predicted octanol–water partition coefficient (Wildman–Crippen LogP) is 2.25. The molecule has 3 nitrogen and oxygen atoms in total. The minimum atomic E-state index is 0.584. The zero-order valence-corrected chi connectivity index (χ0v) is 13.0. The minimum absolute atomic E-state index is 0.584.